The van der Waals surface area contributed by atoms with Gasteiger partial charge in [0.1, 0.15) is 11.8 Å². The number of nitrogens with one attached hydrogen (secondary N) is 3. The molecule has 0 aliphatic carbocycles. The standard InChI is InChI=1S/C16H18N4O2S/c1-10-6-7-15(23-10)12-8-13(19-18-12)16(22)20-17-9-11-4-2-3-5-14(11)21/h2-7,9,12-13,18-19,21H,8H2,1H3,(H,20,22)/b17-9+. The quantitative estimate of drug-likeness (QED) is 0.509. The molecule has 3 rings (SSSR count). The first-order valence-corrected chi connectivity index (χ1v) is 8.13. The van der Waals surface area contributed by atoms with Gasteiger partial charge in [-0.3, -0.25) is 4.79 Å². The molecular weight excluding hydrogens is 312 g/mol. The van der Waals surface area contributed by atoms with Gasteiger partial charge in [-0.2, -0.15) is 5.10 Å². The lowest BCUT2D eigenvalue weighted by Crippen LogP contribution is -2.41. The highest BCUT2D eigenvalue weighted by molar-refractivity contribution is 7.12. The van der Waals surface area contributed by atoms with E-state index < -0.39 is 0 Å². The smallest absolute Gasteiger partial charge is 0.258 e. The molecule has 2 aromatic rings. The van der Waals surface area contributed by atoms with E-state index in [9.17, 15) is 9.90 Å². The van der Waals surface area contributed by atoms with E-state index in [1.807, 2.05) is 0 Å². The van der Waals surface area contributed by atoms with Crippen LogP contribution < -0.4 is 16.3 Å². The summed E-state index contributed by atoms with van der Waals surface area (Å²) >= 11 is 1.72. The lowest BCUT2D eigenvalue weighted by atomic mass is 10.1. The number of phenols is 1. The van der Waals surface area contributed by atoms with E-state index in [0.29, 0.717) is 12.0 Å². The van der Waals surface area contributed by atoms with Gasteiger partial charge in [0.05, 0.1) is 12.3 Å². The molecule has 1 saturated heterocycles. The topological polar surface area (TPSA) is 85.8 Å². The van der Waals surface area contributed by atoms with Crippen LogP contribution in [0.15, 0.2) is 41.5 Å². The Balaban J connectivity index is 1.54. The van der Waals surface area contributed by atoms with E-state index in [0.717, 1.165) is 0 Å². The maximum absolute atomic E-state index is 12.1. The lowest BCUT2D eigenvalue weighted by Gasteiger charge is -2.06. The van der Waals surface area contributed by atoms with E-state index in [4.69, 9.17) is 0 Å². The maximum atomic E-state index is 12.1. The number of carbonyl (C=O) groups is 1. The van der Waals surface area contributed by atoms with Gasteiger partial charge in [0.25, 0.3) is 5.91 Å². The number of carbonyl (C=O) groups excluding carboxylic acids is 1. The number of hydrazine groups is 1. The predicted molar refractivity (Wildman–Crippen MR) is 90.3 cm³/mol. The molecule has 0 spiro atoms. The second-order valence-electron chi connectivity index (χ2n) is 5.37. The maximum Gasteiger partial charge on any atom is 0.258 e. The number of benzene rings is 1. The Morgan fingerprint density at radius 3 is 2.91 bits per heavy atom. The zero-order valence-electron chi connectivity index (χ0n) is 12.6. The second kappa shape index (κ2) is 6.91. The van der Waals surface area contributed by atoms with Crippen LogP contribution in [-0.2, 0) is 4.79 Å². The summed E-state index contributed by atoms with van der Waals surface area (Å²) in [4.78, 5) is 14.6. The van der Waals surface area contributed by atoms with Crippen molar-refractivity contribution in [3.8, 4) is 5.75 Å². The van der Waals surface area contributed by atoms with Crippen molar-refractivity contribution in [3.63, 3.8) is 0 Å². The van der Waals surface area contributed by atoms with Crippen molar-refractivity contribution in [3.05, 3.63) is 51.7 Å². The zero-order chi connectivity index (χ0) is 16.2. The largest absolute Gasteiger partial charge is 0.507 e. The first kappa shape index (κ1) is 15.7. The predicted octanol–water partition coefficient (Wildman–Crippen LogP) is 1.82. The van der Waals surface area contributed by atoms with Crippen LogP contribution in [0.4, 0.5) is 0 Å². The highest BCUT2D eigenvalue weighted by Crippen LogP contribution is 2.28. The summed E-state index contributed by atoms with van der Waals surface area (Å²) in [7, 11) is 0. The van der Waals surface area contributed by atoms with E-state index in [-0.39, 0.29) is 23.7 Å². The van der Waals surface area contributed by atoms with Gasteiger partial charge in [-0.05, 0) is 37.6 Å². The van der Waals surface area contributed by atoms with E-state index >= 15 is 0 Å². The first-order valence-electron chi connectivity index (χ1n) is 7.32. The third kappa shape index (κ3) is 3.76. The lowest BCUT2D eigenvalue weighted by molar-refractivity contribution is -0.122. The zero-order valence-corrected chi connectivity index (χ0v) is 13.4. The average molecular weight is 330 g/mol. The van der Waals surface area contributed by atoms with Crippen molar-refractivity contribution in [1.29, 1.82) is 0 Å². The third-order valence-electron chi connectivity index (χ3n) is 3.64. The van der Waals surface area contributed by atoms with Crippen LogP contribution in [-0.4, -0.2) is 23.3 Å². The molecule has 1 aliphatic heterocycles. The number of aryl methyl sites for hydroxylation is 1. The van der Waals surface area contributed by atoms with E-state index in [2.05, 4.69) is 40.4 Å². The molecule has 23 heavy (non-hydrogen) atoms. The van der Waals surface area contributed by atoms with Crippen molar-refractivity contribution in [1.82, 2.24) is 16.3 Å². The Labute approximate surface area is 138 Å². The van der Waals surface area contributed by atoms with Gasteiger partial charge in [-0.15, -0.1) is 11.3 Å². The molecule has 0 saturated carbocycles. The molecule has 4 N–H and O–H groups in total. The van der Waals surface area contributed by atoms with Crippen LogP contribution in [0.3, 0.4) is 0 Å². The third-order valence-corrected chi connectivity index (χ3v) is 4.75. The fraction of sp³-hybridized carbons (Fsp3) is 0.250. The number of para-hydroxylation sites is 1. The molecule has 1 amide bonds. The molecule has 1 aromatic heterocycles. The fourth-order valence-corrected chi connectivity index (χ4v) is 3.34. The Hall–Kier alpha value is -2.22. The first-order chi connectivity index (χ1) is 11.1. The highest BCUT2D eigenvalue weighted by atomic mass is 32.1. The summed E-state index contributed by atoms with van der Waals surface area (Å²) in [5.74, 6) is -0.0840. The number of hydrogen-bond acceptors (Lipinski definition) is 6. The van der Waals surface area contributed by atoms with Crippen molar-refractivity contribution in [2.24, 2.45) is 5.10 Å². The van der Waals surface area contributed by atoms with Crippen LogP contribution in [0.1, 0.15) is 27.8 Å². The molecule has 1 aromatic carbocycles. The fourth-order valence-electron chi connectivity index (χ4n) is 2.40. The molecule has 6 nitrogen and oxygen atoms in total. The summed E-state index contributed by atoms with van der Waals surface area (Å²) in [5, 5.41) is 13.5. The molecule has 2 unspecified atom stereocenters. The average Bonchev–Trinajstić information content (AvgIpc) is 3.18. The Morgan fingerprint density at radius 1 is 1.35 bits per heavy atom. The molecule has 120 valence electrons. The van der Waals surface area contributed by atoms with Gasteiger partial charge >= 0.3 is 0 Å². The van der Waals surface area contributed by atoms with Crippen LogP contribution in [0, 0.1) is 6.92 Å². The van der Waals surface area contributed by atoms with Crippen LogP contribution in [0.2, 0.25) is 0 Å². The number of nitrogens with zero attached hydrogens (tertiary/aromatic N) is 1. The van der Waals surface area contributed by atoms with Gasteiger partial charge in [-0.25, -0.2) is 16.3 Å². The molecule has 1 fully saturated rings. The van der Waals surface area contributed by atoms with Gasteiger partial charge in [0, 0.05) is 15.3 Å². The minimum Gasteiger partial charge on any atom is -0.507 e. The number of hydrogen-bond donors (Lipinski definition) is 4. The van der Waals surface area contributed by atoms with Crippen LogP contribution in [0.5, 0.6) is 5.75 Å². The van der Waals surface area contributed by atoms with E-state index in [1.165, 1.54) is 16.0 Å². The number of hydrazone groups is 1. The van der Waals surface area contributed by atoms with Crippen molar-refractivity contribution >= 4 is 23.5 Å². The molecule has 2 atom stereocenters. The molecule has 7 heteroatoms. The van der Waals surface area contributed by atoms with Crippen molar-refractivity contribution < 1.29 is 9.90 Å². The summed E-state index contributed by atoms with van der Waals surface area (Å²) in [6.07, 6.45) is 2.09. The SMILES string of the molecule is Cc1ccc(C2CC(C(=O)N/N=C/c3ccccc3O)NN2)s1. The summed E-state index contributed by atoms with van der Waals surface area (Å²) in [6.45, 7) is 2.06. The summed E-state index contributed by atoms with van der Waals surface area (Å²) in [6, 6.07) is 10.7. The number of phenolic OH excluding ortho intramolecular Hbond substituents is 1. The Bertz CT molecular complexity index is 728. The minimum atomic E-state index is -0.344. The van der Waals surface area contributed by atoms with Gasteiger partial charge < -0.3 is 5.11 Å². The molecule has 0 bridgehead atoms. The highest BCUT2D eigenvalue weighted by Gasteiger charge is 2.30. The van der Waals surface area contributed by atoms with Gasteiger partial charge in [0.15, 0.2) is 0 Å². The number of amides is 1. The second-order valence-corrected chi connectivity index (χ2v) is 6.69. The molecule has 1 aliphatic rings. The molecular formula is C16H18N4O2S. The molecule has 2 heterocycles. The Kier molecular flexibility index (Phi) is 4.71. The van der Waals surface area contributed by atoms with E-state index in [1.54, 1.807) is 35.6 Å². The number of rotatable bonds is 4. The summed E-state index contributed by atoms with van der Waals surface area (Å²) in [5.41, 5.74) is 9.19. The summed E-state index contributed by atoms with van der Waals surface area (Å²) < 4.78 is 0. The Morgan fingerprint density at radius 2 is 2.17 bits per heavy atom. The van der Waals surface area contributed by atoms with Crippen molar-refractivity contribution in [2.75, 3.05) is 0 Å². The van der Waals surface area contributed by atoms with Crippen molar-refractivity contribution in [2.45, 2.75) is 25.4 Å². The minimum absolute atomic E-state index is 0.124. The normalized spacial score (nSPS) is 20.9. The molecule has 0 radical (unpaired) electrons. The number of thiophene rings is 1. The van der Waals surface area contributed by atoms with Crippen LogP contribution in [0.25, 0.3) is 0 Å². The number of aromatic hydroxyl groups is 1. The van der Waals surface area contributed by atoms with Crippen LogP contribution >= 0.6 is 11.3 Å². The monoisotopic (exact) mass is 330 g/mol. The van der Waals surface area contributed by atoms with Gasteiger partial charge in [0.2, 0.25) is 0 Å². The van der Waals surface area contributed by atoms with Gasteiger partial charge in [-0.1, -0.05) is 12.1 Å².